The van der Waals surface area contributed by atoms with Gasteiger partial charge in [-0.3, -0.25) is 14.8 Å². The summed E-state index contributed by atoms with van der Waals surface area (Å²) in [6.07, 6.45) is 0.918. The molecule has 1 rings (SSSR count). The zero-order valence-corrected chi connectivity index (χ0v) is 10.9. The zero-order valence-electron chi connectivity index (χ0n) is 9.28. The van der Waals surface area contributed by atoms with E-state index >= 15 is 0 Å². The van der Waals surface area contributed by atoms with Gasteiger partial charge in [-0.15, -0.1) is 0 Å². The topological polar surface area (TPSA) is 102 Å². The van der Waals surface area contributed by atoms with Crippen LogP contribution in [0.15, 0.2) is 23.2 Å². The summed E-state index contributed by atoms with van der Waals surface area (Å²) in [6, 6.07) is 4.08. The number of sulfonamides is 1. The number of isothiocyanates is 1. The minimum Gasteiger partial charge on any atom is -0.277 e. The van der Waals surface area contributed by atoms with Crippen LogP contribution in [0.25, 0.3) is 0 Å². The van der Waals surface area contributed by atoms with Crippen LogP contribution in [0.2, 0.25) is 0 Å². The quantitative estimate of drug-likeness (QED) is 0.383. The summed E-state index contributed by atoms with van der Waals surface area (Å²) in [5, 5.41) is 13.0. The van der Waals surface area contributed by atoms with E-state index in [4.69, 9.17) is 0 Å². The van der Waals surface area contributed by atoms with E-state index in [1.54, 1.807) is 0 Å². The molecule has 0 aliphatic heterocycles. The first-order valence-corrected chi connectivity index (χ1v) is 6.92. The average Bonchev–Trinajstić information content (AvgIpc) is 2.25. The van der Waals surface area contributed by atoms with Crippen molar-refractivity contribution in [3.63, 3.8) is 0 Å². The van der Waals surface area contributed by atoms with Crippen LogP contribution >= 0.6 is 12.2 Å². The maximum atomic E-state index is 11.1. The Kier molecular flexibility index (Phi) is 4.49. The van der Waals surface area contributed by atoms with Crippen LogP contribution in [-0.2, 0) is 16.6 Å². The third-order valence-electron chi connectivity index (χ3n) is 1.88. The molecule has 1 N–H and O–H groups in total. The molecule has 0 saturated carbocycles. The van der Waals surface area contributed by atoms with Gasteiger partial charge in [0.05, 0.1) is 22.9 Å². The van der Waals surface area contributed by atoms with Crippen LogP contribution in [0.4, 0.5) is 11.4 Å². The molecule has 0 aliphatic carbocycles. The summed E-state index contributed by atoms with van der Waals surface area (Å²) in [5.41, 5.74) is 0.119. The smallest absolute Gasteiger partial charge is 0.277 e. The van der Waals surface area contributed by atoms with Crippen molar-refractivity contribution in [3.8, 4) is 0 Å². The number of rotatable bonds is 5. The van der Waals surface area contributed by atoms with E-state index in [0.717, 1.165) is 6.26 Å². The van der Waals surface area contributed by atoms with Gasteiger partial charge in [0.2, 0.25) is 10.0 Å². The van der Waals surface area contributed by atoms with Gasteiger partial charge in [0.1, 0.15) is 5.69 Å². The maximum Gasteiger partial charge on any atom is 0.293 e. The molecule has 0 bridgehead atoms. The van der Waals surface area contributed by atoms with E-state index in [1.807, 2.05) is 0 Å². The first kappa shape index (κ1) is 14.2. The normalized spacial score (nSPS) is 10.5. The zero-order chi connectivity index (χ0) is 13.8. The average molecular weight is 287 g/mol. The number of anilines is 1. The van der Waals surface area contributed by atoms with Gasteiger partial charge in [-0.2, -0.15) is 0 Å². The Morgan fingerprint density at radius 1 is 1.56 bits per heavy atom. The molecular weight excluding hydrogens is 278 g/mol. The SMILES string of the molecule is CS(=O)(=O)Nc1ccc(CN=C=S)cc1[N+](=O)[O-]. The molecule has 0 spiro atoms. The molecule has 0 saturated heterocycles. The first-order valence-electron chi connectivity index (χ1n) is 4.62. The Hall–Kier alpha value is -1.83. The Labute approximate surface area is 109 Å². The molecule has 0 heterocycles. The van der Waals surface area contributed by atoms with Gasteiger partial charge in [0, 0.05) is 6.07 Å². The fraction of sp³-hybridized carbons (Fsp3) is 0.222. The first-order chi connectivity index (χ1) is 8.33. The van der Waals surface area contributed by atoms with Gasteiger partial charge in [-0.25, -0.2) is 13.4 Å². The second-order valence-electron chi connectivity index (χ2n) is 3.39. The van der Waals surface area contributed by atoms with Crippen molar-refractivity contribution in [1.29, 1.82) is 0 Å². The summed E-state index contributed by atoms with van der Waals surface area (Å²) >= 11 is 4.39. The maximum absolute atomic E-state index is 11.1. The number of thiocarbonyl (C=S) groups is 1. The number of nitrogens with zero attached hydrogens (tertiary/aromatic N) is 2. The molecule has 0 fully saturated rings. The number of aliphatic imine (C=N–C) groups is 1. The van der Waals surface area contributed by atoms with E-state index in [9.17, 15) is 18.5 Å². The Balaban J connectivity index is 3.20. The lowest BCUT2D eigenvalue weighted by molar-refractivity contribution is -0.383. The van der Waals surface area contributed by atoms with Crippen LogP contribution in [-0.4, -0.2) is 24.8 Å². The van der Waals surface area contributed by atoms with Crippen LogP contribution in [0.5, 0.6) is 0 Å². The monoisotopic (exact) mass is 287 g/mol. The fourth-order valence-corrected chi connectivity index (χ4v) is 1.87. The lowest BCUT2D eigenvalue weighted by atomic mass is 10.2. The summed E-state index contributed by atoms with van der Waals surface area (Å²) < 4.78 is 24.2. The van der Waals surface area contributed by atoms with E-state index in [-0.39, 0.29) is 17.9 Å². The summed E-state index contributed by atoms with van der Waals surface area (Å²) in [5.74, 6) is 0. The molecule has 0 amide bonds. The second kappa shape index (κ2) is 5.67. The molecule has 1 aromatic carbocycles. The van der Waals surface area contributed by atoms with Crippen molar-refractivity contribution in [2.45, 2.75) is 6.54 Å². The van der Waals surface area contributed by atoms with E-state index < -0.39 is 14.9 Å². The highest BCUT2D eigenvalue weighted by Gasteiger charge is 2.17. The highest BCUT2D eigenvalue weighted by molar-refractivity contribution is 7.92. The van der Waals surface area contributed by atoms with Crippen molar-refractivity contribution < 1.29 is 13.3 Å². The lowest BCUT2D eigenvalue weighted by Crippen LogP contribution is -2.11. The van der Waals surface area contributed by atoms with Gasteiger partial charge >= 0.3 is 0 Å². The Bertz CT molecular complexity index is 621. The highest BCUT2D eigenvalue weighted by atomic mass is 32.2. The molecular formula is C9H9N3O4S2. The number of nitro groups is 1. The standard InChI is InChI=1S/C9H9N3O4S2/c1-18(15,16)11-8-3-2-7(5-10-6-17)4-9(8)12(13)14/h2-4,11H,5H2,1H3. The molecule has 18 heavy (non-hydrogen) atoms. The van der Waals surface area contributed by atoms with Crippen molar-refractivity contribution in [3.05, 3.63) is 33.9 Å². The molecule has 0 aliphatic rings. The van der Waals surface area contributed by atoms with Crippen LogP contribution in [0.1, 0.15) is 5.56 Å². The molecule has 7 nitrogen and oxygen atoms in total. The molecule has 0 aromatic heterocycles. The molecule has 0 unspecified atom stereocenters. The van der Waals surface area contributed by atoms with Crippen molar-refractivity contribution >= 4 is 38.8 Å². The molecule has 0 atom stereocenters. The van der Waals surface area contributed by atoms with Gasteiger partial charge in [-0.1, -0.05) is 6.07 Å². The third kappa shape index (κ3) is 4.21. The number of hydrogen-bond donors (Lipinski definition) is 1. The summed E-state index contributed by atoms with van der Waals surface area (Å²) in [6.45, 7) is 0.156. The van der Waals surface area contributed by atoms with Crippen LogP contribution in [0, 0.1) is 10.1 Å². The molecule has 0 radical (unpaired) electrons. The number of hydrogen-bond acceptors (Lipinski definition) is 6. The third-order valence-corrected chi connectivity index (χ3v) is 2.60. The largest absolute Gasteiger partial charge is 0.293 e. The highest BCUT2D eigenvalue weighted by Crippen LogP contribution is 2.26. The molecule has 9 heteroatoms. The minimum absolute atomic E-state index is 0.0856. The molecule has 1 aromatic rings. The fourth-order valence-electron chi connectivity index (χ4n) is 1.24. The van der Waals surface area contributed by atoms with Gasteiger partial charge in [0.15, 0.2) is 0 Å². The van der Waals surface area contributed by atoms with Gasteiger partial charge < -0.3 is 0 Å². The van der Waals surface area contributed by atoms with Crippen molar-refractivity contribution in [2.75, 3.05) is 11.0 Å². The molecule has 96 valence electrons. The number of benzene rings is 1. The minimum atomic E-state index is -3.57. The summed E-state index contributed by atoms with van der Waals surface area (Å²) in [4.78, 5) is 13.8. The van der Waals surface area contributed by atoms with Gasteiger partial charge in [0.25, 0.3) is 5.69 Å². The number of nitro benzene ring substituents is 1. The summed E-state index contributed by atoms with van der Waals surface area (Å²) in [7, 11) is -3.57. The van der Waals surface area contributed by atoms with Crippen molar-refractivity contribution in [2.24, 2.45) is 4.99 Å². The predicted octanol–water partition coefficient (Wildman–Crippen LogP) is 1.57. The Morgan fingerprint density at radius 2 is 2.22 bits per heavy atom. The second-order valence-corrected chi connectivity index (χ2v) is 5.32. The van der Waals surface area contributed by atoms with E-state index in [0.29, 0.717) is 5.56 Å². The Morgan fingerprint density at radius 3 is 2.72 bits per heavy atom. The lowest BCUT2D eigenvalue weighted by Gasteiger charge is -2.05. The van der Waals surface area contributed by atoms with E-state index in [1.165, 1.54) is 18.2 Å². The van der Waals surface area contributed by atoms with E-state index in [2.05, 4.69) is 27.1 Å². The predicted molar refractivity (Wildman–Crippen MR) is 70.3 cm³/mol. The van der Waals surface area contributed by atoms with Crippen molar-refractivity contribution in [1.82, 2.24) is 0 Å². The van der Waals surface area contributed by atoms with Crippen LogP contribution in [0.3, 0.4) is 0 Å². The van der Waals surface area contributed by atoms with Crippen LogP contribution < -0.4 is 4.72 Å². The number of nitrogens with one attached hydrogen (secondary N) is 1. The van der Waals surface area contributed by atoms with Gasteiger partial charge in [-0.05, 0) is 23.8 Å².